The van der Waals surface area contributed by atoms with Gasteiger partial charge in [-0.25, -0.2) is 17.2 Å². The van der Waals surface area contributed by atoms with E-state index in [2.05, 4.69) is 20.9 Å². The number of aromatic nitrogens is 4. The fourth-order valence-electron chi connectivity index (χ4n) is 3.75. The van der Waals surface area contributed by atoms with Crippen LogP contribution in [0.4, 0.5) is 8.78 Å². The number of carbonyl (C=O) groups excluding carboxylic acids is 2. The molecule has 12 nitrogen and oxygen atoms in total. The van der Waals surface area contributed by atoms with Gasteiger partial charge in [0.05, 0.1) is 49.5 Å². The number of aldehydes is 2. The fourth-order valence-corrected chi connectivity index (χ4v) is 4.09. The first kappa shape index (κ1) is 35.4. The van der Waals surface area contributed by atoms with Gasteiger partial charge in [0.2, 0.25) is 9.05 Å². The molecule has 0 radical (unpaired) electrons. The highest BCUT2D eigenvalue weighted by molar-refractivity contribution is 8.13. The topological polar surface area (TPSA) is 168 Å². The number of carbonyl (C=O) groups is 2. The minimum atomic E-state index is -3.60. The molecule has 232 valence electrons. The van der Waals surface area contributed by atoms with Crippen molar-refractivity contribution >= 4 is 42.4 Å². The Morgan fingerprint density at radius 2 is 1.23 bits per heavy atom. The summed E-state index contributed by atoms with van der Waals surface area (Å²) in [4.78, 5) is 22.0. The lowest BCUT2D eigenvalue weighted by Gasteiger charge is -2.09. The maximum absolute atomic E-state index is 13.2. The highest BCUT2D eigenvalue weighted by atomic mass is 35.7. The van der Waals surface area contributed by atoms with Gasteiger partial charge in [-0.1, -0.05) is 0 Å². The lowest BCUT2D eigenvalue weighted by atomic mass is 10.0. The van der Waals surface area contributed by atoms with E-state index in [1.807, 2.05) is 0 Å². The quantitative estimate of drug-likeness (QED) is 0.168. The fraction of sp³-hybridized carbons (Fsp3) is 0.231. The Balaban J connectivity index is 0.000000264. The second-order valence-electron chi connectivity index (χ2n) is 8.79. The average molecular weight is 661 g/mol. The number of benzene rings is 2. The third-order valence-electron chi connectivity index (χ3n) is 5.42. The molecule has 43 heavy (non-hydrogen) atoms. The van der Waals surface area contributed by atoms with Crippen molar-refractivity contribution in [3.05, 3.63) is 82.7 Å². The van der Waals surface area contributed by atoms with Gasteiger partial charge in [-0.2, -0.15) is 18.6 Å². The van der Waals surface area contributed by atoms with Crippen LogP contribution in [-0.2, 0) is 50.7 Å². The normalized spacial score (nSPS) is 11.2. The van der Waals surface area contributed by atoms with Gasteiger partial charge in [-0.15, -0.1) is 0 Å². The van der Waals surface area contributed by atoms with Crippen molar-refractivity contribution in [1.29, 1.82) is 0 Å². The van der Waals surface area contributed by atoms with Crippen LogP contribution < -0.4 is 0 Å². The van der Waals surface area contributed by atoms with Crippen LogP contribution in [-0.4, -0.2) is 66.6 Å². The number of aliphatic hydroxyl groups excluding tert-OH is 1. The van der Waals surface area contributed by atoms with E-state index in [0.717, 1.165) is 24.6 Å². The van der Waals surface area contributed by atoms with Gasteiger partial charge in [0, 0.05) is 58.2 Å². The number of halogens is 3. The molecule has 4 aromatic rings. The molecule has 17 heteroatoms. The summed E-state index contributed by atoms with van der Waals surface area (Å²) in [6.45, 7) is -0.392. The van der Waals surface area contributed by atoms with Gasteiger partial charge in [0.1, 0.15) is 11.6 Å². The summed E-state index contributed by atoms with van der Waals surface area (Å²) in [7, 11) is 1.04. The minimum absolute atomic E-state index is 0.152. The van der Waals surface area contributed by atoms with Gasteiger partial charge in [-0.3, -0.25) is 23.1 Å². The van der Waals surface area contributed by atoms with Crippen molar-refractivity contribution < 1.29 is 44.5 Å². The molecule has 0 bridgehead atoms. The molecular formula is C26H27ClF2N4O8S2. The lowest BCUT2D eigenvalue weighted by molar-refractivity contribution is 0.111. The number of hydrogen-bond acceptors (Lipinski definition) is 10. The van der Waals surface area contributed by atoms with E-state index in [9.17, 15) is 40.3 Å². The summed E-state index contributed by atoms with van der Waals surface area (Å²) in [6, 6.07) is 7.72. The lowest BCUT2D eigenvalue weighted by Crippen LogP contribution is -2.04. The number of rotatable bonds is 8. The molecule has 0 saturated carbocycles. The van der Waals surface area contributed by atoms with Crippen molar-refractivity contribution in [1.82, 2.24) is 19.6 Å². The van der Waals surface area contributed by atoms with E-state index in [-0.39, 0.29) is 24.3 Å². The van der Waals surface area contributed by atoms with E-state index in [1.54, 1.807) is 18.8 Å². The van der Waals surface area contributed by atoms with Crippen molar-refractivity contribution in [3.63, 3.8) is 0 Å². The predicted molar refractivity (Wildman–Crippen MR) is 154 cm³/mol. The number of nitrogens with zero attached hydrogens (tertiary/aromatic N) is 4. The second kappa shape index (κ2) is 15.1. The molecule has 2 aromatic carbocycles. The van der Waals surface area contributed by atoms with Crippen LogP contribution in [0.5, 0.6) is 0 Å². The summed E-state index contributed by atoms with van der Waals surface area (Å²) in [5, 5.41) is 17.2. The molecule has 4 rings (SSSR count). The van der Waals surface area contributed by atoms with E-state index in [0.29, 0.717) is 46.2 Å². The maximum Gasteiger partial charge on any atom is 0.264 e. The largest absolute Gasteiger partial charge is 0.392 e. The number of aliphatic hydroxyl groups is 1. The van der Waals surface area contributed by atoms with Gasteiger partial charge in [0.15, 0.2) is 12.6 Å². The molecular weight excluding hydrogens is 634 g/mol. The van der Waals surface area contributed by atoms with Crippen LogP contribution in [0.3, 0.4) is 0 Å². The van der Waals surface area contributed by atoms with Crippen molar-refractivity contribution in [3.8, 4) is 22.5 Å². The first-order valence-electron chi connectivity index (χ1n) is 11.9. The van der Waals surface area contributed by atoms with Crippen molar-refractivity contribution in [2.24, 2.45) is 14.1 Å². The molecule has 0 atom stereocenters. The minimum Gasteiger partial charge on any atom is -0.392 e. The summed E-state index contributed by atoms with van der Waals surface area (Å²) in [6.07, 6.45) is 5.96. The monoisotopic (exact) mass is 660 g/mol. The third-order valence-corrected chi connectivity index (χ3v) is 5.97. The van der Waals surface area contributed by atoms with E-state index in [1.165, 1.54) is 41.3 Å². The molecule has 0 aliphatic heterocycles. The molecule has 0 aliphatic rings. The molecule has 0 spiro atoms. The maximum atomic E-state index is 13.2. The Morgan fingerprint density at radius 3 is 1.60 bits per heavy atom. The molecule has 2 heterocycles. The van der Waals surface area contributed by atoms with Gasteiger partial charge < -0.3 is 5.11 Å². The van der Waals surface area contributed by atoms with Crippen LogP contribution >= 0.6 is 10.7 Å². The van der Waals surface area contributed by atoms with Gasteiger partial charge >= 0.3 is 0 Å². The van der Waals surface area contributed by atoms with Crippen LogP contribution in [0, 0.1) is 11.6 Å². The standard InChI is InChI=1S/C13H13FN2O4S.C12H11FN2O2.CH3ClO2S/c1-16-13(10(6-15-16)8-20-21(2,18)19)12-4-3-11(14)5-9(12)7-17;1-15-12(9(7-17)5-14-15)11-3-2-10(13)4-8(11)6-16;1-5(2,3)4/h3-7H,8H2,1-2H3;2-6,17H,7H2,1H3;1H3. The highest BCUT2D eigenvalue weighted by Crippen LogP contribution is 2.28. The molecule has 0 unspecified atom stereocenters. The summed E-state index contributed by atoms with van der Waals surface area (Å²) in [5.74, 6) is -1.000. The van der Waals surface area contributed by atoms with Crippen LogP contribution in [0.1, 0.15) is 31.8 Å². The predicted octanol–water partition coefficient (Wildman–Crippen LogP) is 3.23. The van der Waals surface area contributed by atoms with Crippen molar-refractivity contribution in [2.75, 3.05) is 12.5 Å². The Morgan fingerprint density at radius 1 is 0.837 bits per heavy atom. The molecule has 0 amide bonds. The third kappa shape index (κ3) is 10.7. The zero-order valence-corrected chi connectivity index (χ0v) is 25.6. The smallest absolute Gasteiger partial charge is 0.264 e. The average Bonchev–Trinajstić information content (AvgIpc) is 3.47. The molecule has 0 fully saturated rings. The highest BCUT2D eigenvalue weighted by Gasteiger charge is 2.17. The summed E-state index contributed by atoms with van der Waals surface area (Å²) < 4.78 is 74.9. The Hall–Kier alpha value is -3.83. The zero-order valence-electron chi connectivity index (χ0n) is 23.2. The van der Waals surface area contributed by atoms with Gasteiger partial charge in [-0.05, 0) is 36.4 Å². The Bertz CT molecular complexity index is 1820. The zero-order chi connectivity index (χ0) is 32.5. The van der Waals surface area contributed by atoms with Gasteiger partial charge in [0.25, 0.3) is 10.1 Å². The molecule has 0 saturated heterocycles. The Kier molecular flexibility index (Phi) is 12.4. The molecule has 2 aromatic heterocycles. The van der Waals surface area contributed by atoms with E-state index < -0.39 is 30.8 Å². The second-order valence-corrected chi connectivity index (χ2v) is 13.5. The van der Waals surface area contributed by atoms with Crippen molar-refractivity contribution in [2.45, 2.75) is 13.2 Å². The van der Waals surface area contributed by atoms with E-state index >= 15 is 0 Å². The molecule has 0 aliphatic carbocycles. The Labute approximate surface area is 251 Å². The SMILES string of the molecule is CS(=O)(=O)Cl.Cn1ncc(CO)c1-c1ccc(F)cc1C=O.Cn1ncc(COS(C)(=O)=O)c1-c1ccc(F)cc1C=O. The first-order chi connectivity index (χ1) is 20.0. The van der Waals surface area contributed by atoms with Crippen LogP contribution in [0.25, 0.3) is 22.5 Å². The number of aryl methyl sites for hydroxylation is 2. The first-order valence-corrected chi connectivity index (χ1v) is 16.4. The van der Waals surface area contributed by atoms with Crippen LogP contribution in [0.2, 0.25) is 0 Å². The molecule has 1 N–H and O–H groups in total. The van der Waals surface area contributed by atoms with E-state index in [4.69, 9.17) is 4.18 Å². The summed E-state index contributed by atoms with van der Waals surface area (Å²) >= 11 is 0. The van der Waals surface area contributed by atoms with Crippen LogP contribution in [0.15, 0.2) is 48.8 Å². The number of hydrogen-bond donors (Lipinski definition) is 1. The summed E-state index contributed by atoms with van der Waals surface area (Å²) in [5.41, 5.74) is 3.61.